The van der Waals surface area contributed by atoms with Gasteiger partial charge in [0.2, 0.25) is 0 Å². The molecule has 0 aliphatic carbocycles. The predicted octanol–water partition coefficient (Wildman–Crippen LogP) is 7.85. The maximum atomic E-state index is 2.52. The van der Waals surface area contributed by atoms with Gasteiger partial charge in [0.15, 0.2) is 0 Å². The molecule has 0 saturated heterocycles. The van der Waals surface area contributed by atoms with Crippen molar-refractivity contribution in [1.29, 1.82) is 0 Å². The Balaban J connectivity index is 3.53. The average molecular weight is 331 g/mol. The van der Waals surface area contributed by atoms with Gasteiger partial charge in [0, 0.05) is 0 Å². The van der Waals surface area contributed by atoms with Crippen molar-refractivity contribution in [3.05, 3.63) is 34.9 Å². The minimum absolute atomic E-state index is 0.190. The van der Waals surface area contributed by atoms with Crippen LogP contribution < -0.4 is 0 Å². The molecule has 0 fully saturated rings. The summed E-state index contributed by atoms with van der Waals surface area (Å²) in [5, 5.41) is 0. The van der Waals surface area contributed by atoms with Gasteiger partial charge >= 0.3 is 0 Å². The van der Waals surface area contributed by atoms with Crippen LogP contribution >= 0.6 is 0 Å². The molecule has 0 bridgehead atoms. The van der Waals surface area contributed by atoms with Crippen LogP contribution in [0.25, 0.3) is 0 Å². The van der Waals surface area contributed by atoms with Crippen molar-refractivity contribution >= 4 is 0 Å². The summed E-state index contributed by atoms with van der Waals surface area (Å²) in [5.74, 6) is 1.28. The highest BCUT2D eigenvalue weighted by Crippen LogP contribution is 2.43. The summed E-state index contributed by atoms with van der Waals surface area (Å²) >= 11 is 0. The van der Waals surface area contributed by atoms with Gasteiger partial charge in [-0.1, -0.05) is 101 Å². The molecule has 0 aromatic heterocycles. The Morgan fingerprint density at radius 2 is 1.38 bits per heavy atom. The fraction of sp³-hybridized carbons (Fsp3) is 0.750. The van der Waals surface area contributed by atoms with E-state index in [4.69, 9.17) is 0 Å². The van der Waals surface area contributed by atoms with Crippen molar-refractivity contribution in [3.8, 4) is 0 Å². The Bertz CT molecular complexity index is 532. The first-order valence-corrected chi connectivity index (χ1v) is 9.84. The summed E-state index contributed by atoms with van der Waals surface area (Å²) in [6.45, 7) is 26.0. The molecule has 0 spiro atoms. The van der Waals surface area contributed by atoms with Crippen molar-refractivity contribution in [2.45, 2.75) is 106 Å². The summed E-state index contributed by atoms with van der Waals surface area (Å²) in [7, 11) is 0. The number of benzene rings is 1. The highest BCUT2D eigenvalue weighted by Gasteiger charge is 2.30. The van der Waals surface area contributed by atoms with Gasteiger partial charge < -0.3 is 0 Å². The van der Waals surface area contributed by atoms with Crippen LogP contribution in [0.5, 0.6) is 0 Å². The first kappa shape index (κ1) is 21.3. The van der Waals surface area contributed by atoms with E-state index in [1.54, 1.807) is 5.56 Å². The number of hydrogen-bond donors (Lipinski definition) is 0. The third-order valence-electron chi connectivity index (χ3n) is 5.66. The van der Waals surface area contributed by atoms with Crippen LogP contribution in [0.3, 0.4) is 0 Å². The standard InChI is InChI=1S/C24H42/c1-12-24(10,11)16-20(17(2)3)19-15-18(22(4,5)6)13-14-21(19)23(7,8)9/h13-15,17,20H,12,16H2,1-11H3. The van der Waals surface area contributed by atoms with Gasteiger partial charge in [0.25, 0.3) is 0 Å². The lowest BCUT2D eigenvalue weighted by molar-refractivity contribution is 0.262. The van der Waals surface area contributed by atoms with Crippen molar-refractivity contribution < 1.29 is 0 Å². The minimum Gasteiger partial charge on any atom is -0.0649 e. The molecule has 138 valence electrons. The SMILES string of the molecule is CCC(C)(C)CC(c1cc(C(C)(C)C)ccc1C(C)(C)C)C(C)C. The first-order valence-electron chi connectivity index (χ1n) is 9.84. The van der Waals surface area contributed by atoms with E-state index in [1.165, 1.54) is 24.0 Å². The molecule has 0 heteroatoms. The van der Waals surface area contributed by atoms with Crippen molar-refractivity contribution in [2.75, 3.05) is 0 Å². The van der Waals surface area contributed by atoms with Gasteiger partial charge in [-0.05, 0) is 51.2 Å². The summed E-state index contributed by atoms with van der Waals surface area (Å²) in [6.07, 6.45) is 2.50. The molecule has 0 amide bonds. The van der Waals surface area contributed by atoms with Crippen molar-refractivity contribution in [2.24, 2.45) is 11.3 Å². The molecule has 0 nitrogen and oxygen atoms in total. The van der Waals surface area contributed by atoms with E-state index < -0.39 is 0 Å². The zero-order chi connectivity index (χ0) is 18.9. The lowest BCUT2D eigenvalue weighted by Crippen LogP contribution is -2.24. The Morgan fingerprint density at radius 3 is 1.75 bits per heavy atom. The lowest BCUT2D eigenvalue weighted by Gasteiger charge is -2.36. The van der Waals surface area contributed by atoms with Crippen LogP contribution in [0.15, 0.2) is 18.2 Å². The molecule has 0 heterocycles. The second kappa shape index (κ2) is 7.22. The van der Waals surface area contributed by atoms with Crippen LogP contribution in [0.4, 0.5) is 0 Å². The molecule has 24 heavy (non-hydrogen) atoms. The van der Waals surface area contributed by atoms with Gasteiger partial charge in [-0.15, -0.1) is 0 Å². The van der Waals surface area contributed by atoms with E-state index in [9.17, 15) is 0 Å². The van der Waals surface area contributed by atoms with E-state index in [0.717, 1.165) is 0 Å². The first-order chi connectivity index (χ1) is 10.7. The van der Waals surface area contributed by atoms with E-state index in [-0.39, 0.29) is 10.8 Å². The zero-order valence-corrected chi connectivity index (χ0v) is 18.3. The highest BCUT2D eigenvalue weighted by atomic mass is 14.3. The Kier molecular flexibility index (Phi) is 6.40. The smallest absolute Gasteiger partial charge is 0.0129 e. The van der Waals surface area contributed by atoms with Crippen LogP contribution in [0.2, 0.25) is 0 Å². The molecule has 0 aliphatic heterocycles. The second-order valence-corrected chi connectivity index (χ2v) is 10.9. The molecule has 1 unspecified atom stereocenters. The van der Waals surface area contributed by atoms with Crippen LogP contribution in [0.1, 0.15) is 112 Å². The van der Waals surface area contributed by atoms with E-state index in [1.807, 2.05) is 0 Å². The fourth-order valence-corrected chi connectivity index (χ4v) is 3.46. The normalized spacial score (nSPS) is 15.0. The quantitative estimate of drug-likeness (QED) is 0.515. The topological polar surface area (TPSA) is 0 Å². The lowest BCUT2D eigenvalue weighted by atomic mass is 9.69. The van der Waals surface area contributed by atoms with Gasteiger partial charge in [-0.25, -0.2) is 0 Å². The molecule has 0 saturated carbocycles. The summed E-state index contributed by atoms with van der Waals surface area (Å²) in [5.41, 5.74) is 5.36. The van der Waals surface area contributed by atoms with E-state index >= 15 is 0 Å². The fourth-order valence-electron chi connectivity index (χ4n) is 3.46. The van der Waals surface area contributed by atoms with Gasteiger partial charge in [0.05, 0.1) is 0 Å². The minimum atomic E-state index is 0.190. The third kappa shape index (κ3) is 5.36. The number of rotatable bonds is 5. The Hall–Kier alpha value is -0.780. The number of hydrogen-bond acceptors (Lipinski definition) is 0. The Labute approximate surface area is 152 Å². The van der Waals surface area contributed by atoms with Crippen molar-refractivity contribution in [1.82, 2.24) is 0 Å². The van der Waals surface area contributed by atoms with Crippen molar-refractivity contribution in [3.63, 3.8) is 0 Å². The summed E-state index contributed by atoms with van der Waals surface area (Å²) in [4.78, 5) is 0. The average Bonchev–Trinajstić information content (AvgIpc) is 2.42. The molecule has 1 aromatic rings. The van der Waals surface area contributed by atoms with E-state index in [0.29, 0.717) is 17.3 Å². The molecule has 0 aliphatic rings. The summed E-state index contributed by atoms with van der Waals surface area (Å²) < 4.78 is 0. The van der Waals surface area contributed by atoms with Gasteiger partial charge in [-0.2, -0.15) is 0 Å². The molecular formula is C24H42. The van der Waals surface area contributed by atoms with Crippen LogP contribution in [-0.2, 0) is 10.8 Å². The summed E-state index contributed by atoms with van der Waals surface area (Å²) in [6, 6.07) is 7.29. The molecule has 0 radical (unpaired) electrons. The molecule has 1 rings (SSSR count). The van der Waals surface area contributed by atoms with Crippen LogP contribution in [0, 0.1) is 11.3 Å². The maximum Gasteiger partial charge on any atom is -0.0129 e. The maximum absolute atomic E-state index is 2.52. The molecule has 1 atom stereocenters. The zero-order valence-electron chi connectivity index (χ0n) is 18.3. The van der Waals surface area contributed by atoms with E-state index in [2.05, 4.69) is 94.4 Å². The van der Waals surface area contributed by atoms with Gasteiger partial charge in [-0.3, -0.25) is 0 Å². The highest BCUT2D eigenvalue weighted by molar-refractivity contribution is 5.41. The second-order valence-electron chi connectivity index (χ2n) is 10.9. The largest absolute Gasteiger partial charge is 0.0649 e. The van der Waals surface area contributed by atoms with Gasteiger partial charge in [0.1, 0.15) is 0 Å². The molecule has 1 aromatic carbocycles. The molecular weight excluding hydrogens is 288 g/mol. The molecule has 0 N–H and O–H groups in total. The van der Waals surface area contributed by atoms with Crippen LogP contribution in [-0.4, -0.2) is 0 Å². The predicted molar refractivity (Wildman–Crippen MR) is 110 cm³/mol. The Morgan fingerprint density at radius 1 is 0.833 bits per heavy atom. The monoisotopic (exact) mass is 330 g/mol. The third-order valence-corrected chi connectivity index (χ3v) is 5.66.